The van der Waals surface area contributed by atoms with E-state index < -0.39 is 0 Å². The quantitative estimate of drug-likeness (QED) is 0.283. The van der Waals surface area contributed by atoms with Crippen LogP contribution in [-0.4, -0.2) is 27.6 Å². The fourth-order valence-electron chi connectivity index (χ4n) is 3.18. The minimum atomic E-state index is -0.378. The molecule has 3 aromatic carbocycles. The number of thioether (sulfide) groups is 1. The lowest BCUT2D eigenvalue weighted by Crippen LogP contribution is -2.27. The van der Waals surface area contributed by atoms with E-state index >= 15 is 0 Å². The van der Waals surface area contributed by atoms with Crippen LogP contribution in [0.25, 0.3) is 6.08 Å². The second-order valence-electron chi connectivity index (χ2n) is 7.26. The van der Waals surface area contributed by atoms with Crippen LogP contribution in [-0.2, 0) is 16.1 Å². The number of nitrogens with one attached hydrogen (secondary N) is 1. The summed E-state index contributed by atoms with van der Waals surface area (Å²) in [6.07, 6.45) is 1.77. The van der Waals surface area contributed by atoms with E-state index in [1.807, 2.05) is 36.4 Å². The lowest BCUT2D eigenvalue weighted by molar-refractivity contribution is -0.122. The molecule has 1 aliphatic rings. The molecule has 0 aliphatic carbocycles. The van der Waals surface area contributed by atoms with Crippen LogP contribution in [0.5, 0.6) is 5.75 Å². The van der Waals surface area contributed by atoms with E-state index in [4.69, 9.17) is 40.2 Å². The van der Waals surface area contributed by atoms with Gasteiger partial charge < -0.3 is 10.1 Å². The average molecular weight is 529 g/mol. The van der Waals surface area contributed by atoms with Crippen molar-refractivity contribution in [2.24, 2.45) is 0 Å². The van der Waals surface area contributed by atoms with Crippen molar-refractivity contribution in [3.63, 3.8) is 0 Å². The number of nitrogens with zero attached hydrogens (tertiary/aromatic N) is 1. The zero-order valence-corrected chi connectivity index (χ0v) is 20.8. The van der Waals surface area contributed by atoms with Gasteiger partial charge in [-0.05, 0) is 41.5 Å². The Morgan fingerprint density at radius 1 is 1.06 bits per heavy atom. The number of carbonyl (C=O) groups excluding carboxylic acids is 2. The predicted molar refractivity (Wildman–Crippen MR) is 142 cm³/mol. The smallest absolute Gasteiger partial charge is 0.266 e. The lowest BCUT2D eigenvalue weighted by atomic mass is 10.2. The van der Waals surface area contributed by atoms with Crippen LogP contribution in [0.2, 0.25) is 10.0 Å². The number of anilines is 1. The van der Waals surface area contributed by atoms with Gasteiger partial charge in [-0.2, -0.15) is 0 Å². The first-order valence-corrected chi connectivity index (χ1v) is 12.1. The number of ether oxygens (including phenoxy) is 1. The summed E-state index contributed by atoms with van der Waals surface area (Å²) >= 11 is 18.7. The maximum atomic E-state index is 12.9. The van der Waals surface area contributed by atoms with Crippen LogP contribution in [0, 0.1) is 0 Å². The first-order valence-electron chi connectivity index (χ1n) is 10.2. The first kappa shape index (κ1) is 24.3. The molecular weight excluding hydrogens is 511 g/mol. The van der Waals surface area contributed by atoms with Crippen molar-refractivity contribution in [3.8, 4) is 5.75 Å². The van der Waals surface area contributed by atoms with Gasteiger partial charge in [0, 0.05) is 0 Å². The number of thiocarbonyl (C=S) groups is 1. The Labute approximate surface area is 216 Å². The Morgan fingerprint density at radius 3 is 2.62 bits per heavy atom. The zero-order chi connectivity index (χ0) is 24.1. The van der Waals surface area contributed by atoms with Crippen molar-refractivity contribution in [1.82, 2.24) is 4.90 Å². The molecule has 0 aromatic heterocycles. The number of amides is 2. The molecule has 1 heterocycles. The molecule has 0 radical (unpaired) electrons. The summed E-state index contributed by atoms with van der Waals surface area (Å²) in [7, 11) is 0. The molecule has 0 atom stereocenters. The summed E-state index contributed by atoms with van der Waals surface area (Å²) in [6, 6.07) is 21.8. The molecule has 1 aliphatic heterocycles. The minimum Gasteiger partial charge on any atom is -0.484 e. The molecule has 1 saturated heterocycles. The molecular formula is C25H18Cl2N2O3S2. The van der Waals surface area contributed by atoms with Crippen molar-refractivity contribution in [3.05, 3.63) is 98.9 Å². The van der Waals surface area contributed by atoms with Gasteiger partial charge >= 0.3 is 0 Å². The molecule has 0 spiro atoms. The summed E-state index contributed by atoms with van der Waals surface area (Å²) in [5.41, 5.74) is 2.18. The molecule has 5 nitrogen and oxygen atoms in total. The Bertz CT molecular complexity index is 1280. The SMILES string of the molecule is O=C(COc1cccc(/C=C2\SC(=S)N(Cc3ccccc3)C2=O)c1)Nc1cccc(Cl)c1Cl. The summed E-state index contributed by atoms with van der Waals surface area (Å²) < 4.78 is 6.14. The standard InChI is InChI=1S/C25H18Cl2N2O3S2/c26-19-10-5-11-20(23(19)27)28-22(30)15-32-18-9-4-8-17(12-18)13-21-24(31)29(25(33)34-21)14-16-6-2-1-3-7-16/h1-13H,14-15H2,(H,28,30)/b21-13-. The largest absolute Gasteiger partial charge is 0.484 e. The molecule has 4 rings (SSSR count). The number of hydrogen-bond acceptors (Lipinski definition) is 5. The molecule has 0 bridgehead atoms. The Morgan fingerprint density at radius 2 is 1.82 bits per heavy atom. The van der Waals surface area contributed by atoms with Gasteiger partial charge in [-0.3, -0.25) is 14.5 Å². The van der Waals surface area contributed by atoms with Crippen LogP contribution in [0.3, 0.4) is 0 Å². The van der Waals surface area contributed by atoms with Gasteiger partial charge in [0.15, 0.2) is 6.61 Å². The van der Waals surface area contributed by atoms with Crippen LogP contribution in [0.1, 0.15) is 11.1 Å². The van der Waals surface area contributed by atoms with Gasteiger partial charge in [-0.1, -0.05) is 95.7 Å². The summed E-state index contributed by atoms with van der Waals surface area (Å²) in [5, 5.41) is 3.29. The van der Waals surface area contributed by atoms with E-state index in [9.17, 15) is 9.59 Å². The second-order valence-corrected chi connectivity index (χ2v) is 9.73. The van der Waals surface area contributed by atoms with E-state index in [1.165, 1.54) is 11.8 Å². The van der Waals surface area contributed by atoms with Crippen molar-refractivity contribution in [2.45, 2.75) is 6.54 Å². The fourth-order valence-corrected chi connectivity index (χ4v) is 4.79. The number of rotatable bonds is 7. The number of carbonyl (C=O) groups is 2. The van der Waals surface area contributed by atoms with Crippen LogP contribution in [0.4, 0.5) is 5.69 Å². The third-order valence-electron chi connectivity index (χ3n) is 4.81. The zero-order valence-electron chi connectivity index (χ0n) is 17.7. The molecule has 3 aromatic rings. The average Bonchev–Trinajstić information content (AvgIpc) is 3.09. The molecule has 1 N–H and O–H groups in total. The maximum Gasteiger partial charge on any atom is 0.266 e. The fraction of sp³-hybridized carbons (Fsp3) is 0.0800. The molecule has 9 heteroatoms. The van der Waals surface area contributed by atoms with Gasteiger partial charge in [0.05, 0.1) is 27.2 Å². The molecule has 2 amide bonds. The van der Waals surface area contributed by atoms with Crippen LogP contribution >= 0.6 is 47.2 Å². The van der Waals surface area contributed by atoms with Gasteiger partial charge in [0.2, 0.25) is 0 Å². The third-order valence-corrected chi connectivity index (χ3v) is 7.01. The van der Waals surface area contributed by atoms with Crippen LogP contribution in [0.15, 0.2) is 77.7 Å². The van der Waals surface area contributed by atoms with Gasteiger partial charge in [-0.25, -0.2) is 0 Å². The van der Waals surface area contributed by atoms with Crippen molar-refractivity contribution < 1.29 is 14.3 Å². The second kappa shape index (κ2) is 11.1. The Balaban J connectivity index is 1.39. The number of benzene rings is 3. The van der Waals surface area contributed by atoms with Gasteiger partial charge in [0.1, 0.15) is 10.1 Å². The summed E-state index contributed by atoms with van der Waals surface area (Å²) in [5.74, 6) is -0.0276. The first-order chi connectivity index (χ1) is 16.4. The highest BCUT2D eigenvalue weighted by atomic mass is 35.5. The Hall–Kier alpha value is -2.84. The molecule has 0 saturated carbocycles. The molecule has 34 heavy (non-hydrogen) atoms. The predicted octanol–water partition coefficient (Wildman–Crippen LogP) is 6.41. The van der Waals surface area contributed by atoms with Crippen molar-refractivity contribution in [1.29, 1.82) is 0 Å². The van der Waals surface area contributed by atoms with E-state index in [0.29, 0.717) is 32.2 Å². The molecule has 1 fully saturated rings. The van der Waals surface area contributed by atoms with Gasteiger partial charge in [0.25, 0.3) is 11.8 Å². The lowest BCUT2D eigenvalue weighted by Gasteiger charge is -2.14. The highest BCUT2D eigenvalue weighted by Gasteiger charge is 2.31. The Kier molecular flexibility index (Phi) is 7.90. The maximum absolute atomic E-state index is 12.9. The number of hydrogen-bond donors (Lipinski definition) is 1. The third kappa shape index (κ3) is 5.98. The monoisotopic (exact) mass is 528 g/mol. The normalized spacial score (nSPS) is 14.5. The van der Waals surface area contributed by atoms with E-state index in [0.717, 1.165) is 11.1 Å². The highest BCUT2D eigenvalue weighted by Crippen LogP contribution is 2.34. The molecule has 0 unspecified atom stereocenters. The van der Waals surface area contributed by atoms with E-state index in [2.05, 4.69) is 5.32 Å². The topological polar surface area (TPSA) is 58.6 Å². The van der Waals surface area contributed by atoms with E-state index in [-0.39, 0.29) is 23.4 Å². The van der Waals surface area contributed by atoms with E-state index in [1.54, 1.807) is 47.4 Å². The summed E-state index contributed by atoms with van der Waals surface area (Å²) in [4.78, 5) is 27.3. The summed E-state index contributed by atoms with van der Waals surface area (Å²) in [6.45, 7) is 0.212. The van der Waals surface area contributed by atoms with Crippen molar-refractivity contribution >= 4 is 75.1 Å². The highest BCUT2D eigenvalue weighted by molar-refractivity contribution is 8.26. The van der Waals surface area contributed by atoms with Crippen LogP contribution < -0.4 is 10.1 Å². The van der Waals surface area contributed by atoms with Crippen molar-refractivity contribution in [2.75, 3.05) is 11.9 Å². The minimum absolute atomic E-state index is 0.136. The van der Waals surface area contributed by atoms with Gasteiger partial charge in [-0.15, -0.1) is 0 Å². The number of halogens is 2. The molecule has 172 valence electrons.